The molecule has 0 bridgehead atoms. The number of amides is 3. The summed E-state index contributed by atoms with van der Waals surface area (Å²) in [5.74, 6) is 0.540. The summed E-state index contributed by atoms with van der Waals surface area (Å²) < 4.78 is 0. The maximum atomic E-state index is 12.3. The van der Waals surface area contributed by atoms with Crippen LogP contribution in [0.25, 0.3) is 0 Å². The Kier molecular flexibility index (Phi) is 4.02. The third-order valence-electron chi connectivity index (χ3n) is 4.28. The van der Waals surface area contributed by atoms with Crippen molar-refractivity contribution >= 4 is 17.9 Å². The van der Waals surface area contributed by atoms with Crippen molar-refractivity contribution in [3.05, 3.63) is 12.2 Å². The largest absolute Gasteiger partial charge is 0.340 e. The first-order chi connectivity index (χ1) is 10.6. The highest BCUT2D eigenvalue weighted by atomic mass is 16.2. The second-order valence-corrected chi connectivity index (χ2v) is 5.65. The molecular formula is C14H22N6O2. The van der Waals surface area contributed by atoms with Gasteiger partial charge in [-0.2, -0.15) is 0 Å². The van der Waals surface area contributed by atoms with Crippen LogP contribution in [0.5, 0.6) is 0 Å². The van der Waals surface area contributed by atoms with E-state index in [1.54, 1.807) is 7.05 Å². The number of guanidine groups is 1. The molecule has 8 heteroatoms. The van der Waals surface area contributed by atoms with Crippen molar-refractivity contribution in [2.24, 2.45) is 4.99 Å². The van der Waals surface area contributed by atoms with Gasteiger partial charge >= 0.3 is 6.03 Å². The molecule has 0 saturated carbocycles. The molecule has 8 nitrogen and oxygen atoms in total. The van der Waals surface area contributed by atoms with Crippen LogP contribution in [0.2, 0.25) is 0 Å². The van der Waals surface area contributed by atoms with Gasteiger partial charge in [-0.1, -0.05) is 12.2 Å². The van der Waals surface area contributed by atoms with Crippen LogP contribution in [-0.2, 0) is 4.79 Å². The number of likely N-dealkylation sites (N-methyl/N-ethyl adjacent to an activating group) is 1. The Bertz CT molecular complexity index is 525. The summed E-state index contributed by atoms with van der Waals surface area (Å²) in [6.07, 6.45) is 3.51. The van der Waals surface area contributed by atoms with Gasteiger partial charge in [0.25, 0.3) is 5.91 Å². The van der Waals surface area contributed by atoms with Crippen molar-refractivity contribution in [1.29, 1.82) is 0 Å². The van der Waals surface area contributed by atoms with Crippen LogP contribution in [0.3, 0.4) is 0 Å². The minimum absolute atomic E-state index is 0.272. The number of nitrogens with one attached hydrogen (secondary N) is 2. The van der Waals surface area contributed by atoms with Gasteiger partial charge in [0.05, 0.1) is 0 Å². The van der Waals surface area contributed by atoms with Gasteiger partial charge < -0.3 is 20.0 Å². The van der Waals surface area contributed by atoms with Crippen LogP contribution in [0.15, 0.2) is 17.1 Å². The number of carbonyl (C=O) groups is 2. The number of imide groups is 1. The number of nitrogens with zero attached hydrogens (tertiary/aromatic N) is 4. The standard InChI is InChI=1S/C14H22N6O2/c1-3-4-7-20-10-11(18(2)14(22)17-12(10)21)16-13(20)19-8-5-15-6-9-19/h3-4,10-11,15H,5-9H2,1-2H3,(H,17,21,22)/b4-3+. The zero-order chi connectivity index (χ0) is 15.7. The van der Waals surface area contributed by atoms with Gasteiger partial charge in [-0.3, -0.25) is 10.1 Å². The molecule has 0 aromatic rings. The summed E-state index contributed by atoms with van der Waals surface area (Å²) in [6.45, 7) is 6.05. The monoisotopic (exact) mass is 306 g/mol. The van der Waals surface area contributed by atoms with E-state index in [1.807, 2.05) is 24.0 Å². The van der Waals surface area contributed by atoms with Gasteiger partial charge in [0.2, 0.25) is 0 Å². The third kappa shape index (κ3) is 2.43. The van der Waals surface area contributed by atoms with Crippen molar-refractivity contribution in [3.63, 3.8) is 0 Å². The lowest BCUT2D eigenvalue weighted by molar-refractivity contribution is -0.127. The first-order valence-corrected chi connectivity index (χ1v) is 7.62. The number of rotatable bonds is 2. The van der Waals surface area contributed by atoms with Gasteiger partial charge in [-0.15, -0.1) is 0 Å². The first-order valence-electron chi connectivity index (χ1n) is 7.62. The Labute approximate surface area is 129 Å². The number of hydrogen-bond acceptors (Lipinski definition) is 6. The number of urea groups is 1. The Hall–Kier alpha value is -2.09. The zero-order valence-corrected chi connectivity index (χ0v) is 13.0. The van der Waals surface area contributed by atoms with Crippen molar-refractivity contribution < 1.29 is 9.59 Å². The van der Waals surface area contributed by atoms with Gasteiger partial charge in [-0.25, -0.2) is 9.79 Å². The number of allylic oxidation sites excluding steroid dienone is 1. The Morgan fingerprint density at radius 1 is 1.32 bits per heavy atom. The summed E-state index contributed by atoms with van der Waals surface area (Å²) >= 11 is 0. The van der Waals surface area contributed by atoms with E-state index in [2.05, 4.69) is 15.5 Å². The molecule has 2 fully saturated rings. The highest BCUT2D eigenvalue weighted by Gasteiger charge is 2.49. The molecule has 120 valence electrons. The van der Waals surface area contributed by atoms with E-state index in [9.17, 15) is 9.59 Å². The summed E-state index contributed by atoms with van der Waals surface area (Å²) in [7, 11) is 1.68. The average Bonchev–Trinajstić information content (AvgIpc) is 2.91. The van der Waals surface area contributed by atoms with Gasteiger partial charge in [0, 0.05) is 39.8 Å². The fourth-order valence-corrected chi connectivity index (χ4v) is 3.05. The fourth-order valence-electron chi connectivity index (χ4n) is 3.05. The molecule has 2 unspecified atom stereocenters. The normalized spacial score (nSPS) is 29.0. The summed E-state index contributed by atoms with van der Waals surface area (Å²) in [5, 5.41) is 5.72. The summed E-state index contributed by atoms with van der Waals surface area (Å²) in [6, 6.07) is -0.841. The van der Waals surface area contributed by atoms with Crippen molar-refractivity contribution in [2.75, 3.05) is 39.8 Å². The molecular weight excluding hydrogens is 284 g/mol. The molecule has 2 saturated heterocycles. The molecule has 0 aromatic heterocycles. The lowest BCUT2D eigenvalue weighted by Gasteiger charge is -2.38. The highest BCUT2D eigenvalue weighted by molar-refractivity contribution is 6.03. The van der Waals surface area contributed by atoms with Crippen LogP contribution >= 0.6 is 0 Å². The predicted octanol–water partition coefficient (Wildman–Crippen LogP) is -0.984. The molecule has 3 aliphatic heterocycles. The SMILES string of the molecule is C/C=C/CN1C(N2CCNCC2)=NC2C1C(=O)NC(=O)N2C. The van der Waals surface area contributed by atoms with E-state index in [0.717, 1.165) is 32.1 Å². The van der Waals surface area contributed by atoms with E-state index in [0.29, 0.717) is 6.54 Å². The van der Waals surface area contributed by atoms with E-state index in [4.69, 9.17) is 4.99 Å². The fraction of sp³-hybridized carbons (Fsp3) is 0.643. The molecule has 0 spiro atoms. The van der Waals surface area contributed by atoms with Crippen LogP contribution in [0, 0.1) is 0 Å². The molecule has 3 aliphatic rings. The van der Waals surface area contributed by atoms with Crippen LogP contribution < -0.4 is 10.6 Å². The molecule has 3 heterocycles. The van der Waals surface area contributed by atoms with Crippen LogP contribution in [0.4, 0.5) is 4.79 Å². The maximum Gasteiger partial charge on any atom is 0.325 e. The number of fused-ring (bicyclic) bond motifs is 1. The highest BCUT2D eigenvalue weighted by Crippen LogP contribution is 2.25. The second kappa shape index (κ2) is 5.96. The topological polar surface area (TPSA) is 80.3 Å². The predicted molar refractivity (Wildman–Crippen MR) is 82.3 cm³/mol. The zero-order valence-electron chi connectivity index (χ0n) is 13.0. The smallest absolute Gasteiger partial charge is 0.325 e. The lowest BCUT2D eigenvalue weighted by Crippen LogP contribution is -2.64. The van der Waals surface area contributed by atoms with E-state index in [-0.39, 0.29) is 11.9 Å². The average molecular weight is 306 g/mol. The van der Waals surface area contributed by atoms with Crippen molar-refractivity contribution in [3.8, 4) is 0 Å². The number of aliphatic imine (C=N–C) groups is 1. The number of carbonyl (C=O) groups excluding carboxylic acids is 2. The molecule has 2 N–H and O–H groups in total. The van der Waals surface area contributed by atoms with E-state index < -0.39 is 12.2 Å². The number of piperazine rings is 1. The molecule has 22 heavy (non-hydrogen) atoms. The summed E-state index contributed by atoms with van der Waals surface area (Å²) in [5.41, 5.74) is 0. The minimum Gasteiger partial charge on any atom is -0.340 e. The maximum absolute atomic E-state index is 12.3. The minimum atomic E-state index is -0.455. The second-order valence-electron chi connectivity index (χ2n) is 5.65. The van der Waals surface area contributed by atoms with Crippen molar-refractivity contribution in [1.82, 2.24) is 25.3 Å². The summed E-state index contributed by atoms with van der Waals surface area (Å²) in [4.78, 5) is 34.5. The molecule has 0 aromatic carbocycles. The Morgan fingerprint density at radius 3 is 2.73 bits per heavy atom. The van der Waals surface area contributed by atoms with Gasteiger partial charge in [-0.05, 0) is 6.92 Å². The van der Waals surface area contributed by atoms with Crippen LogP contribution in [0.1, 0.15) is 6.92 Å². The quantitative estimate of drug-likeness (QED) is 0.641. The molecule has 0 aliphatic carbocycles. The molecule has 3 rings (SSSR count). The Morgan fingerprint density at radius 2 is 2.05 bits per heavy atom. The molecule has 2 atom stereocenters. The van der Waals surface area contributed by atoms with Gasteiger partial charge in [0.1, 0.15) is 0 Å². The third-order valence-corrected chi connectivity index (χ3v) is 4.28. The van der Waals surface area contributed by atoms with E-state index >= 15 is 0 Å². The lowest BCUT2D eigenvalue weighted by atomic mass is 10.1. The number of hydrogen-bond donors (Lipinski definition) is 2. The van der Waals surface area contributed by atoms with Gasteiger partial charge in [0.15, 0.2) is 18.2 Å². The Balaban J connectivity index is 1.91. The molecule has 0 radical (unpaired) electrons. The van der Waals surface area contributed by atoms with E-state index in [1.165, 1.54) is 4.90 Å². The van der Waals surface area contributed by atoms with Crippen LogP contribution in [-0.4, -0.2) is 84.6 Å². The molecule has 3 amide bonds. The first kappa shape index (κ1) is 14.8. The van der Waals surface area contributed by atoms with Crippen molar-refractivity contribution in [2.45, 2.75) is 19.1 Å².